The molecule has 118 valence electrons. The molecule has 1 heterocycles. The highest BCUT2D eigenvalue weighted by Gasteiger charge is 2.36. The Bertz CT molecular complexity index is 647. The van der Waals surface area contributed by atoms with Crippen molar-refractivity contribution in [1.82, 2.24) is 4.31 Å². The Morgan fingerprint density at radius 2 is 2.05 bits per heavy atom. The summed E-state index contributed by atoms with van der Waals surface area (Å²) in [6.45, 7) is 3.54. The molecule has 1 saturated heterocycles. The molecule has 0 spiro atoms. The first kappa shape index (κ1) is 16.3. The lowest BCUT2D eigenvalue weighted by atomic mass is 10.1. The Labute approximate surface area is 122 Å². The van der Waals surface area contributed by atoms with Gasteiger partial charge < -0.3 is 10.5 Å². The first-order valence-electron chi connectivity index (χ1n) is 6.50. The summed E-state index contributed by atoms with van der Waals surface area (Å²) >= 11 is 0. The standard InChI is InChI=1S/C13H18F2N2O3S/c1-13(2)8-17(5-6-20-13)21(18,19)11-4-3-10(14)9(7-16)12(11)15/h3-4H,5-8,16H2,1-2H3. The van der Waals surface area contributed by atoms with Crippen LogP contribution >= 0.6 is 0 Å². The number of rotatable bonds is 3. The van der Waals surface area contributed by atoms with Crippen LogP contribution in [-0.2, 0) is 21.3 Å². The van der Waals surface area contributed by atoms with Gasteiger partial charge in [0.1, 0.15) is 10.7 Å². The number of sulfonamides is 1. The minimum Gasteiger partial charge on any atom is -0.373 e. The molecular weight excluding hydrogens is 302 g/mol. The molecule has 0 aromatic heterocycles. The second-order valence-corrected chi connectivity index (χ2v) is 7.40. The maximum atomic E-state index is 14.2. The largest absolute Gasteiger partial charge is 0.373 e. The summed E-state index contributed by atoms with van der Waals surface area (Å²) in [5.74, 6) is -1.97. The van der Waals surface area contributed by atoms with Crippen molar-refractivity contribution < 1.29 is 21.9 Å². The van der Waals surface area contributed by atoms with Crippen LogP contribution in [0.4, 0.5) is 8.78 Å². The third-order valence-electron chi connectivity index (χ3n) is 3.36. The summed E-state index contributed by atoms with van der Waals surface area (Å²) in [7, 11) is -4.06. The topological polar surface area (TPSA) is 72.6 Å². The highest BCUT2D eigenvalue weighted by atomic mass is 32.2. The lowest BCUT2D eigenvalue weighted by Gasteiger charge is -2.37. The number of nitrogens with two attached hydrogens (primary N) is 1. The van der Waals surface area contributed by atoms with Crippen LogP contribution in [0.5, 0.6) is 0 Å². The molecule has 0 amide bonds. The molecule has 0 aliphatic carbocycles. The van der Waals surface area contributed by atoms with Crippen molar-refractivity contribution in [2.45, 2.75) is 30.9 Å². The molecule has 2 rings (SSSR count). The smallest absolute Gasteiger partial charge is 0.246 e. The predicted molar refractivity (Wildman–Crippen MR) is 73.0 cm³/mol. The quantitative estimate of drug-likeness (QED) is 0.909. The van der Waals surface area contributed by atoms with Gasteiger partial charge in [-0.25, -0.2) is 17.2 Å². The first-order valence-corrected chi connectivity index (χ1v) is 7.94. The van der Waals surface area contributed by atoms with Gasteiger partial charge in [-0.2, -0.15) is 4.31 Å². The van der Waals surface area contributed by atoms with E-state index >= 15 is 0 Å². The van der Waals surface area contributed by atoms with Crippen LogP contribution < -0.4 is 5.73 Å². The van der Waals surface area contributed by atoms with Gasteiger partial charge in [0, 0.05) is 25.2 Å². The molecule has 0 saturated carbocycles. The van der Waals surface area contributed by atoms with Gasteiger partial charge in [0.25, 0.3) is 0 Å². The van der Waals surface area contributed by atoms with Gasteiger partial charge in [-0.3, -0.25) is 0 Å². The second kappa shape index (κ2) is 5.60. The molecule has 5 nitrogen and oxygen atoms in total. The highest BCUT2D eigenvalue weighted by molar-refractivity contribution is 7.89. The van der Waals surface area contributed by atoms with Crippen LogP contribution in [-0.4, -0.2) is 38.0 Å². The Balaban J connectivity index is 2.45. The molecule has 2 N–H and O–H groups in total. The molecule has 0 atom stereocenters. The minimum absolute atomic E-state index is 0.101. The molecular formula is C13H18F2N2O3S. The Morgan fingerprint density at radius 3 is 2.62 bits per heavy atom. The fourth-order valence-electron chi connectivity index (χ4n) is 2.28. The van der Waals surface area contributed by atoms with Gasteiger partial charge in [-0.1, -0.05) is 0 Å². The highest BCUT2D eigenvalue weighted by Crippen LogP contribution is 2.27. The van der Waals surface area contributed by atoms with Gasteiger partial charge in [-0.15, -0.1) is 0 Å². The maximum absolute atomic E-state index is 14.2. The number of halogens is 2. The van der Waals surface area contributed by atoms with Crippen molar-refractivity contribution in [3.63, 3.8) is 0 Å². The van der Waals surface area contributed by atoms with Crippen LogP contribution in [0.3, 0.4) is 0 Å². The van der Waals surface area contributed by atoms with Crippen molar-refractivity contribution in [3.8, 4) is 0 Å². The third-order valence-corrected chi connectivity index (χ3v) is 5.23. The zero-order chi connectivity index (χ0) is 15.8. The van der Waals surface area contributed by atoms with E-state index < -0.39 is 44.3 Å². The van der Waals surface area contributed by atoms with Crippen molar-refractivity contribution in [1.29, 1.82) is 0 Å². The summed E-state index contributed by atoms with van der Waals surface area (Å²) in [4.78, 5) is -0.554. The minimum atomic E-state index is -4.06. The Hall–Kier alpha value is -1.09. The van der Waals surface area contributed by atoms with E-state index in [1.54, 1.807) is 13.8 Å². The number of ether oxygens (including phenoxy) is 1. The number of hydrogen-bond donors (Lipinski definition) is 1. The average molecular weight is 320 g/mol. The SMILES string of the molecule is CC1(C)CN(S(=O)(=O)c2ccc(F)c(CN)c2F)CCO1. The van der Waals surface area contributed by atoms with E-state index in [1.807, 2.05) is 0 Å². The number of hydrogen-bond acceptors (Lipinski definition) is 4. The lowest BCUT2D eigenvalue weighted by molar-refractivity contribution is -0.0640. The monoisotopic (exact) mass is 320 g/mol. The van der Waals surface area contributed by atoms with Crippen molar-refractivity contribution in [3.05, 3.63) is 29.3 Å². The maximum Gasteiger partial charge on any atom is 0.246 e. The number of nitrogens with zero attached hydrogens (tertiary/aromatic N) is 1. The van der Waals surface area contributed by atoms with Crippen molar-refractivity contribution >= 4 is 10.0 Å². The van der Waals surface area contributed by atoms with E-state index in [9.17, 15) is 17.2 Å². The summed E-state index contributed by atoms with van der Waals surface area (Å²) in [5.41, 5.74) is 4.20. The summed E-state index contributed by atoms with van der Waals surface area (Å²) in [5, 5.41) is 0. The molecule has 1 aromatic rings. The van der Waals surface area contributed by atoms with E-state index in [0.717, 1.165) is 16.4 Å². The lowest BCUT2D eigenvalue weighted by Crippen LogP contribution is -2.50. The van der Waals surface area contributed by atoms with Crippen LogP contribution in [0.15, 0.2) is 17.0 Å². The molecule has 0 bridgehead atoms. The average Bonchev–Trinajstić information content (AvgIpc) is 2.37. The molecule has 0 unspecified atom stereocenters. The fraction of sp³-hybridized carbons (Fsp3) is 0.538. The number of morpholine rings is 1. The third kappa shape index (κ3) is 3.08. The molecule has 8 heteroatoms. The van der Waals surface area contributed by atoms with Crippen molar-refractivity contribution in [2.75, 3.05) is 19.7 Å². The van der Waals surface area contributed by atoms with Gasteiger partial charge in [0.05, 0.1) is 12.2 Å². The summed E-state index contributed by atoms with van der Waals surface area (Å²) in [6, 6.07) is 1.85. The second-order valence-electron chi connectivity index (χ2n) is 5.49. The Kier molecular flexibility index (Phi) is 4.34. The molecule has 1 aromatic carbocycles. The van der Waals surface area contributed by atoms with Gasteiger partial charge >= 0.3 is 0 Å². The van der Waals surface area contributed by atoms with Gasteiger partial charge in [-0.05, 0) is 26.0 Å². The molecule has 1 fully saturated rings. The van der Waals surface area contributed by atoms with E-state index in [-0.39, 0.29) is 19.7 Å². The fourth-order valence-corrected chi connectivity index (χ4v) is 3.94. The van der Waals surface area contributed by atoms with Crippen LogP contribution in [0.2, 0.25) is 0 Å². The predicted octanol–water partition coefficient (Wildman–Crippen LogP) is 1.22. The van der Waals surface area contributed by atoms with Gasteiger partial charge in [0.15, 0.2) is 5.82 Å². The Morgan fingerprint density at radius 1 is 1.38 bits per heavy atom. The first-order chi connectivity index (χ1) is 9.69. The van der Waals surface area contributed by atoms with E-state index in [4.69, 9.17) is 10.5 Å². The molecule has 1 aliphatic rings. The zero-order valence-corrected chi connectivity index (χ0v) is 12.7. The van der Waals surface area contributed by atoms with Gasteiger partial charge in [0.2, 0.25) is 10.0 Å². The molecule has 1 aliphatic heterocycles. The number of benzene rings is 1. The van der Waals surface area contributed by atoms with Crippen molar-refractivity contribution in [2.24, 2.45) is 5.73 Å². The van der Waals surface area contributed by atoms with Crippen LogP contribution in [0.25, 0.3) is 0 Å². The van der Waals surface area contributed by atoms with E-state index in [1.165, 1.54) is 0 Å². The molecule has 21 heavy (non-hydrogen) atoms. The zero-order valence-electron chi connectivity index (χ0n) is 11.9. The summed E-state index contributed by atoms with van der Waals surface area (Å²) < 4.78 is 59.3. The van der Waals surface area contributed by atoms with Crippen LogP contribution in [0, 0.1) is 11.6 Å². The normalized spacial score (nSPS) is 19.7. The molecule has 0 radical (unpaired) electrons. The van der Waals surface area contributed by atoms with E-state index in [2.05, 4.69) is 0 Å². The van der Waals surface area contributed by atoms with E-state index in [0.29, 0.717) is 0 Å². The van der Waals surface area contributed by atoms with Crippen LogP contribution in [0.1, 0.15) is 19.4 Å². The summed E-state index contributed by atoms with van der Waals surface area (Å²) in [6.07, 6.45) is 0.